The lowest BCUT2D eigenvalue weighted by Crippen LogP contribution is -2.66. The molecule has 0 fully saturated rings. The van der Waals surface area contributed by atoms with Gasteiger partial charge in [-0.3, -0.25) is 0 Å². The molecular formula is C48H42BN3Si. The minimum atomic E-state index is -2.19. The summed E-state index contributed by atoms with van der Waals surface area (Å²) < 4.78 is 0. The smallest absolute Gasteiger partial charge is 0.252 e. The predicted molar refractivity (Wildman–Crippen MR) is 230 cm³/mol. The van der Waals surface area contributed by atoms with E-state index in [0.29, 0.717) is 11.1 Å². The van der Waals surface area contributed by atoms with E-state index in [9.17, 15) is 0 Å². The van der Waals surface area contributed by atoms with E-state index in [1.54, 1.807) is 0 Å². The number of fused-ring (bicyclic) bond motifs is 6. The Balaban J connectivity index is 1.33. The molecule has 3 heterocycles. The summed E-state index contributed by atoms with van der Waals surface area (Å²) in [6, 6.07) is 63.5. The lowest BCUT2D eigenvalue weighted by Gasteiger charge is -2.49. The van der Waals surface area contributed by atoms with Crippen LogP contribution < -0.4 is 41.5 Å². The van der Waals surface area contributed by atoms with Crippen molar-refractivity contribution in [1.82, 2.24) is 0 Å². The first-order valence-corrected chi connectivity index (χ1v) is 21.2. The molecule has 53 heavy (non-hydrogen) atoms. The summed E-state index contributed by atoms with van der Waals surface area (Å²) >= 11 is 0. The molecular weight excluding hydrogens is 657 g/mol. The fraction of sp³-hybridized carbons (Fsp3) is 0.125. The van der Waals surface area contributed by atoms with Gasteiger partial charge in [-0.05, 0) is 98.5 Å². The van der Waals surface area contributed by atoms with Crippen molar-refractivity contribution >= 4 is 92.7 Å². The highest BCUT2D eigenvalue weighted by molar-refractivity contribution is 7.06. The molecule has 7 aromatic rings. The number of hydrogen-bond donors (Lipinski definition) is 0. The number of anilines is 9. The van der Waals surface area contributed by atoms with Crippen molar-refractivity contribution in [2.45, 2.75) is 38.8 Å². The van der Waals surface area contributed by atoms with Crippen LogP contribution in [0.1, 0.15) is 27.7 Å². The van der Waals surface area contributed by atoms with Gasteiger partial charge in [-0.25, -0.2) is 0 Å². The highest BCUT2D eigenvalue weighted by Crippen LogP contribution is 2.50. The van der Waals surface area contributed by atoms with Crippen LogP contribution >= 0.6 is 0 Å². The van der Waals surface area contributed by atoms with Gasteiger partial charge in [0.25, 0.3) is 6.71 Å². The van der Waals surface area contributed by atoms with Crippen LogP contribution in [0.3, 0.4) is 0 Å². The third kappa shape index (κ3) is 4.47. The van der Waals surface area contributed by atoms with Gasteiger partial charge in [-0.15, -0.1) is 0 Å². The first kappa shape index (κ1) is 31.9. The third-order valence-corrected chi connectivity index (χ3v) is 18.4. The van der Waals surface area contributed by atoms with Gasteiger partial charge in [0, 0.05) is 45.5 Å². The summed E-state index contributed by atoms with van der Waals surface area (Å²) in [4.78, 5) is 7.60. The van der Waals surface area contributed by atoms with Crippen molar-refractivity contribution < 1.29 is 0 Å². The molecule has 0 unspecified atom stereocenters. The van der Waals surface area contributed by atoms with Crippen molar-refractivity contribution in [3.05, 3.63) is 170 Å². The largest absolute Gasteiger partial charge is 0.311 e. The molecule has 3 aliphatic rings. The van der Waals surface area contributed by atoms with Crippen LogP contribution in [0.4, 0.5) is 51.2 Å². The van der Waals surface area contributed by atoms with Crippen LogP contribution in [0.5, 0.6) is 0 Å². The molecule has 0 aliphatic carbocycles. The first-order valence-electron chi connectivity index (χ1n) is 19.1. The van der Waals surface area contributed by atoms with E-state index in [1.165, 1.54) is 66.6 Å². The molecule has 256 valence electrons. The number of para-hydroxylation sites is 6. The van der Waals surface area contributed by atoms with E-state index in [1.807, 2.05) is 0 Å². The van der Waals surface area contributed by atoms with Crippen LogP contribution in [0.2, 0.25) is 11.1 Å². The van der Waals surface area contributed by atoms with Crippen LogP contribution in [0.25, 0.3) is 0 Å². The predicted octanol–water partition coefficient (Wildman–Crippen LogP) is 9.94. The number of hydrogen-bond acceptors (Lipinski definition) is 3. The van der Waals surface area contributed by atoms with Crippen LogP contribution in [0, 0.1) is 0 Å². The Kier molecular flexibility index (Phi) is 7.31. The number of rotatable bonds is 5. The first-order chi connectivity index (χ1) is 26.0. The lowest BCUT2D eigenvalue weighted by atomic mass is 9.33. The van der Waals surface area contributed by atoms with Gasteiger partial charge in [0.05, 0.1) is 5.69 Å². The maximum Gasteiger partial charge on any atom is 0.252 e. The second-order valence-corrected chi connectivity index (χ2v) is 20.5. The Hall–Kier alpha value is -5.78. The van der Waals surface area contributed by atoms with E-state index in [-0.39, 0.29) is 6.71 Å². The molecule has 0 N–H and O–H groups in total. The van der Waals surface area contributed by atoms with E-state index in [4.69, 9.17) is 0 Å². The van der Waals surface area contributed by atoms with Gasteiger partial charge in [-0.1, -0.05) is 137 Å². The molecule has 0 saturated heterocycles. The minimum absolute atomic E-state index is 0.0873. The molecule has 0 saturated carbocycles. The number of nitrogens with zero attached hydrogens (tertiary/aromatic N) is 3. The Labute approximate surface area is 314 Å². The summed E-state index contributed by atoms with van der Waals surface area (Å²) in [5.74, 6) is 0. The number of benzene rings is 7. The lowest BCUT2D eigenvalue weighted by molar-refractivity contribution is 0.925. The molecule has 5 heteroatoms. The van der Waals surface area contributed by atoms with E-state index >= 15 is 0 Å². The Bertz CT molecular complexity index is 2340. The summed E-state index contributed by atoms with van der Waals surface area (Å²) in [5, 5.41) is 3.06. The van der Waals surface area contributed by atoms with Crippen molar-refractivity contribution in [3.63, 3.8) is 0 Å². The van der Waals surface area contributed by atoms with Crippen LogP contribution in [0.15, 0.2) is 170 Å². The fourth-order valence-corrected chi connectivity index (χ4v) is 16.3. The van der Waals surface area contributed by atoms with Crippen molar-refractivity contribution in [3.8, 4) is 0 Å². The molecule has 10 rings (SSSR count). The highest BCUT2D eigenvalue weighted by Gasteiger charge is 2.50. The van der Waals surface area contributed by atoms with Crippen LogP contribution in [-0.2, 0) is 0 Å². The second kappa shape index (κ2) is 12.1. The van der Waals surface area contributed by atoms with E-state index in [0.717, 1.165) is 11.4 Å². The standard InChI is InChI=1S/C48H42BN3Si/c1-33(2)53(34(3)4)46-29-17-15-27-42(46)52(43-28-16-18-30-47(43)53)37-31-44-48-45(32-37)51(36-21-9-6-10-22-36)41-26-14-12-24-39(41)49(48)38-23-11-13-25-40(38)50(44)35-19-7-5-8-20-35/h5-34H,1-4H3. The zero-order valence-electron chi connectivity index (χ0n) is 30.7. The quantitative estimate of drug-likeness (QED) is 0.166. The zero-order valence-corrected chi connectivity index (χ0v) is 31.7. The third-order valence-electron chi connectivity index (χ3n) is 12.2. The summed E-state index contributed by atoms with van der Waals surface area (Å²) in [5.41, 5.74) is 16.1. The summed E-state index contributed by atoms with van der Waals surface area (Å²) in [6.45, 7) is 9.93. The topological polar surface area (TPSA) is 9.72 Å². The van der Waals surface area contributed by atoms with Gasteiger partial charge in [0.1, 0.15) is 8.07 Å². The highest BCUT2D eigenvalue weighted by atomic mass is 28.3. The fourth-order valence-electron chi connectivity index (χ4n) is 10.2. The zero-order chi connectivity index (χ0) is 35.8. The average molecular weight is 700 g/mol. The maximum atomic E-state index is 2.58. The van der Waals surface area contributed by atoms with Crippen molar-refractivity contribution in [2.75, 3.05) is 14.7 Å². The Morgan fingerprint density at radius 2 is 0.736 bits per heavy atom. The molecule has 0 radical (unpaired) electrons. The van der Waals surface area contributed by atoms with Crippen molar-refractivity contribution in [2.24, 2.45) is 0 Å². The molecule has 0 amide bonds. The molecule has 0 spiro atoms. The maximum absolute atomic E-state index is 2.58. The van der Waals surface area contributed by atoms with Gasteiger partial charge >= 0.3 is 0 Å². The molecule has 0 atom stereocenters. The average Bonchev–Trinajstić information content (AvgIpc) is 3.20. The van der Waals surface area contributed by atoms with E-state index < -0.39 is 8.07 Å². The second-order valence-electron chi connectivity index (χ2n) is 15.3. The van der Waals surface area contributed by atoms with E-state index in [2.05, 4.69) is 212 Å². The Morgan fingerprint density at radius 1 is 0.377 bits per heavy atom. The molecule has 3 aliphatic heterocycles. The van der Waals surface area contributed by atoms with Gasteiger partial charge in [0.15, 0.2) is 0 Å². The molecule has 7 aromatic carbocycles. The summed E-state index contributed by atoms with van der Waals surface area (Å²) in [7, 11) is -2.19. The molecule has 3 nitrogen and oxygen atoms in total. The van der Waals surface area contributed by atoms with Crippen molar-refractivity contribution in [1.29, 1.82) is 0 Å². The normalized spacial score (nSPS) is 14.8. The monoisotopic (exact) mass is 699 g/mol. The van der Waals surface area contributed by atoms with Gasteiger partial charge in [-0.2, -0.15) is 0 Å². The van der Waals surface area contributed by atoms with Gasteiger partial charge < -0.3 is 14.7 Å². The summed E-state index contributed by atoms with van der Waals surface area (Å²) in [6.07, 6.45) is 0. The van der Waals surface area contributed by atoms with Gasteiger partial charge in [0.2, 0.25) is 0 Å². The SMILES string of the molecule is CC(C)[Si]1(C(C)C)c2ccccc2N(c2cc3c4c(c2)N(c2ccccc2)c2ccccc2B4c2ccccc2N3c2ccccc2)c2ccccc21. The Morgan fingerprint density at radius 3 is 1.17 bits per heavy atom. The minimum Gasteiger partial charge on any atom is -0.311 e. The molecule has 0 bridgehead atoms. The van der Waals surface area contributed by atoms with Crippen LogP contribution in [-0.4, -0.2) is 14.8 Å². The molecule has 0 aromatic heterocycles.